The predicted molar refractivity (Wildman–Crippen MR) is 74.7 cm³/mol. The molecule has 1 aliphatic heterocycles. The Morgan fingerprint density at radius 1 is 1.12 bits per heavy atom. The van der Waals surface area contributed by atoms with E-state index in [1.807, 2.05) is 6.08 Å². The number of piperidine rings is 1. The van der Waals surface area contributed by atoms with Gasteiger partial charge in [0.05, 0.1) is 0 Å². The van der Waals surface area contributed by atoms with E-state index < -0.39 is 0 Å². The van der Waals surface area contributed by atoms with Crippen LogP contribution in [0.4, 0.5) is 0 Å². The van der Waals surface area contributed by atoms with Crippen LogP contribution in [0.15, 0.2) is 48.7 Å². The van der Waals surface area contributed by atoms with Gasteiger partial charge < -0.3 is 4.90 Å². The molecule has 0 amide bonds. The first-order chi connectivity index (χ1) is 8.33. The van der Waals surface area contributed by atoms with Gasteiger partial charge in [0.15, 0.2) is 0 Å². The number of rotatable bonds is 3. The van der Waals surface area contributed by atoms with E-state index in [4.69, 9.17) is 0 Å². The molecule has 17 heavy (non-hydrogen) atoms. The maximum atomic E-state index is 3.97. The van der Waals surface area contributed by atoms with Crippen molar-refractivity contribution >= 4 is 5.57 Å². The largest absolute Gasteiger partial charge is 0.375 e. The summed E-state index contributed by atoms with van der Waals surface area (Å²) in [6, 6.07) is 10.5. The van der Waals surface area contributed by atoms with Crippen LogP contribution >= 0.6 is 0 Å². The number of benzene rings is 1. The van der Waals surface area contributed by atoms with Gasteiger partial charge in [-0.25, -0.2) is 0 Å². The molecule has 0 N–H and O–H groups in total. The van der Waals surface area contributed by atoms with E-state index in [9.17, 15) is 0 Å². The molecule has 1 fully saturated rings. The van der Waals surface area contributed by atoms with Crippen LogP contribution in [-0.4, -0.2) is 18.0 Å². The Kier molecular flexibility index (Phi) is 4.03. The number of hydrogen-bond donors (Lipinski definition) is 0. The number of likely N-dealkylation sites (tertiary alicyclic amines) is 1. The van der Waals surface area contributed by atoms with E-state index in [0.717, 1.165) is 0 Å². The highest BCUT2D eigenvalue weighted by atomic mass is 15.1. The fourth-order valence-corrected chi connectivity index (χ4v) is 2.49. The summed E-state index contributed by atoms with van der Waals surface area (Å²) in [5.74, 6) is 0. The average Bonchev–Trinajstić information content (AvgIpc) is 2.42. The van der Waals surface area contributed by atoms with Gasteiger partial charge in [0, 0.05) is 18.8 Å². The summed E-state index contributed by atoms with van der Waals surface area (Å²) < 4.78 is 0. The molecular formula is C16H21N. The van der Waals surface area contributed by atoms with Crippen LogP contribution in [0.1, 0.15) is 31.7 Å². The lowest BCUT2D eigenvalue weighted by Crippen LogP contribution is -2.28. The minimum absolute atomic E-state index is 1.19. The van der Waals surface area contributed by atoms with E-state index >= 15 is 0 Å². The van der Waals surface area contributed by atoms with Gasteiger partial charge in [-0.2, -0.15) is 0 Å². The third-order valence-electron chi connectivity index (χ3n) is 3.51. The molecule has 0 unspecified atom stereocenters. The van der Waals surface area contributed by atoms with E-state index in [1.165, 1.54) is 49.2 Å². The normalized spacial score (nSPS) is 17.6. The SMILES string of the molecule is C=C/C(=C(\C)N1CCCCC1)c1ccccc1. The molecule has 1 heteroatoms. The Bertz CT molecular complexity index is 397. The van der Waals surface area contributed by atoms with E-state index in [1.54, 1.807) is 0 Å². The molecule has 0 aromatic heterocycles. The molecule has 1 aliphatic rings. The van der Waals surface area contributed by atoms with E-state index in [0.29, 0.717) is 0 Å². The molecule has 0 atom stereocenters. The highest BCUT2D eigenvalue weighted by Crippen LogP contribution is 2.24. The molecule has 90 valence electrons. The minimum Gasteiger partial charge on any atom is -0.375 e. The molecule has 1 saturated heterocycles. The smallest absolute Gasteiger partial charge is 0.0180 e. The van der Waals surface area contributed by atoms with Crippen molar-refractivity contribution < 1.29 is 0 Å². The summed E-state index contributed by atoms with van der Waals surface area (Å²) in [6.45, 7) is 8.57. The number of hydrogen-bond acceptors (Lipinski definition) is 1. The Balaban J connectivity index is 2.29. The van der Waals surface area contributed by atoms with Crippen molar-refractivity contribution in [3.8, 4) is 0 Å². The van der Waals surface area contributed by atoms with E-state index in [-0.39, 0.29) is 0 Å². The van der Waals surface area contributed by atoms with Crippen LogP contribution in [0.3, 0.4) is 0 Å². The second-order valence-electron chi connectivity index (χ2n) is 4.62. The van der Waals surface area contributed by atoms with Gasteiger partial charge in [-0.05, 0) is 37.3 Å². The lowest BCUT2D eigenvalue weighted by Gasteiger charge is -2.31. The molecule has 0 saturated carbocycles. The van der Waals surface area contributed by atoms with Gasteiger partial charge in [-0.1, -0.05) is 43.0 Å². The first kappa shape index (κ1) is 12.0. The second kappa shape index (κ2) is 5.72. The van der Waals surface area contributed by atoms with Gasteiger partial charge in [0.1, 0.15) is 0 Å². The number of nitrogens with zero attached hydrogens (tertiary/aromatic N) is 1. The third kappa shape index (κ3) is 2.79. The second-order valence-corrected chi connectivity index (χ2v) is 4.62. The maximum absolute atomic E-state index is 3.97. The van der Waals surface area contributed by atoms with Crippen molar-refractivity contribution in [3.63, 3.8) is 0 Å². The maximum Gasteiger partial charge on any atom is 0.0180 e. The van der Waals surface area contributed by atoms with Gasteiger partial charge >= 0.3 is 0 Å². The molecule has 1 heterocycles. The van der Waals surface area contributed by atoms with Crippen molar-refractivity contribution in [2.45, 2.75) is 26.2 Å². The zero-order chi connectivity index (χ0) is 12.1. The summed E-state index contributed by atoms with van der Waals surface area (Å²) in [5.41, 5.74) is 3.91. The zero-order valence-corrected chi connectivity index (χ0v) is 10.7. The molecule has 1 nitrogen and oxygen atoms in total. The fourth-order valence-electron chi connectivity index (χ4n) is 2.49. The fraction of sp³-hybridized carbons (Fsp3) is 0.375. The van der Waals surface area contributed by atoms with Crippen molar-refractivity contribution in [3.05, 3.63) is 54.2 Å². The third-order valence-corrected chi connectivity index (χ3v) is 3.51. The molecule has 0 spiro atoms. The summed E-state index contributed by atoms with van der Waals surface area (Å²) in [6.07, 6.45) is 5.99. The summed E-state index contributed by atoms with van der Waals surface area (Å²) >= 11 is 0. The quantitative estimate of drug-likeness (QED) is 0.703. The first-order valence-corrected chi connectivity index (χ1v) is 6.46. The van der Waals surface area contributed by atoms with Crippen molar-refractivity contribution in [2.75, 3.05) is 13.1 Å². The topological polar surface area (TPSA) is 3.24 Å². The predicted octanol–water partition coefficient (Wildman–Crippen LogP) is 4.09. The highest BCUT2D eigenvalue weighted by molar-refractivity contribution is 5.75. The Morgan fingerprint density at radius 3 is 2.35 bits per heavy atom. The number of allylic oxidation sites excluding steroid dienone is 3. The van der Waals surface area contributed by atoms with Crippen molar-refractivity contribution in [1.29, 1.82) is 0 Å². The van der Waals surface area contributed by atoms with Crippen LogP contribution in [0.2, 0.25) is 0 Å². The summed E-state index contributed by atoms with van der Waals surface area (Å²) in [4.78, 5) is 2.49. The van der Waals surface area contributed by atoms with Crippen LogP contribution in [0.5, 0.6) is 0 Å². The van der Waals surface area contributed by atoms with Gasteiger partial charge in [-0.15, -0.1) is 0 Å². The van der Waals surface area contributed by atoms with Gasteiger partial charge in [0.25, 0.3) is 0 Å². The van der Waals surface area contributed by atoms with Crippen LogP contribution in [0.25, 0.3) is 5.57 Å². The monoisotopic (exact) mass is 227 g/mol. The molecule has 0 radical (unpaired) electrons. The Morgan fingerprint density at radius 2 is 1.76 bits per heavy atom. The Labute approximate surface area is 104 Å². The van der Waals surface area contributed by atoms with Crippen molar-refractivity contribution in [1.82, 2.24) is 4.90 Å². The van der Waals surface area contributed by atoms with Gasteiger partial charge in [0.2, 0.25) is 0 Å². The molecule has 1 aromatic carbocycles. The standard InChI is InChI=1S/C16H21N/c1-3-16(15-10-6-4-7-11-15)14(2)17-12-8-5-9-13-17/h3-4,6-7,10-11H,1,5,8-9,12-13H2,2H3/b16-14-. The van der Waals surface area contributed by atoms with Crippen LogP contribution in [-0.2, 0) is 0 Å². The minimum atomic E-state index is 1.19. The Hall–Kier alpha value is -1.50. The molecule has 1 aromatic rings. The van der Waals surface area contributed by atoms with E-state index in [2.05, 4.69) is 48.7 Å². The van der Waals surface area contributed by atoms with Crippen LogP contribution in [0, 0.1) is 0 Å². The van der Waals surface area contributed by atoms with Crippen LogP contribution < -0.4 is 0 Å². The molecular weight excluding hydrogens is 206 g/mol. The molecule has 0 bridgehead atoms. The molecule has 0 aliphatic carbocycles. The molecule has 2 rings (SSSR count). The zero-order valence-electron chi connectivity index (χ0n) is 10.7. The lowest BCUT2D eigenvalue weighted by atomic mass is 10.0. The first-order valence-electron chi connectivity index (χ1n) is 6.46. The summed E-state index contributed by atoms with van der Waals surface area (Å²) in [5, 5.41) is 0. The average molecular weight is 227 g/mol. The van der Waals surface area contributed by atoms with Gasteiger partial charge in [-0.3, -0.25) is 0 Å². The van der Waals surface area contributed by atoms with Crippen molar-refractivity contribution in [2.24, 2.45) is 0 Å². The highest BCUT2D eigenvalue weighted by Gasteiger charge is 2.13. The summed E-state index contributed by atoms with van der Waals surface area (Å²) in [7, 11) is 0. The lowest BCUT2D eigenvalue weighted by molar-refractivity contribution is 0.287.